The summed E-state index contributed by atoms with van der Waals surface area (Å²) < 4.78 is 0. The van der Waals surface area contributed by atoms with Crippen LogP contribution in [0.15, 0.2) is 16.6 Å². The number of Topliss-reactive ketones (excluding diaryl/α,β-unsaturated/α-hetero) is 1. The van der Waals surface area contributed by atoms with E-state index < -0.39 is 5.76 Å². The van der Waals surface area contributed by atoms with Crippen molar-refractivity contribution in [1.29, 1.82) is 0 Å². The van der Waals surface area contributed by atoms with Crippen molar-refractivity contribution in [2.24, 2.45) is 10.7 Å². The van der Waals surface area contributed by atoms with E-state index in [1.165, 1.54) is 6.21 Å². The van der Waals surface area contributed by atoms with Crippen LogP contribution in [0.3, 0.4) is 0 Å². The first-order valence-electron chi connectivity index (χ1n) is 2.46. The molecule has 0 unspecified atom stereocenters. The van der Waals surface area contributed by atoms with E-state index in [0.717, 1.165) is 0 Å². The summed E-state index contributed by atoms with van der Waals surface area (Å²) in [7, 11) is 0. The van der Waals surface area contributed by atoms with E-state index in [-0.39, 0.29) is 18.0 Å². The third-order valence-corrected chi connectivity index (χ3v) is 1.01. The first-order chi connectivity index (χ1) is 4.22. The maximum Gasteiger partial charge on any atom is 0.206 e. The van der Waals surface area contributed by atoms with Gasteiger partial charge in [0.1, 0.15) is 0 Å². The number of hydrogen-bond acceptors (Lipinski definition) is 4. The number of hydrogen-bond donors (Lipinski definition) is 2. The molecule has 0 aliphatic carbocycles. The number of rotatable bonds is 0. The fourth-order valence-corrected chi connectivity index (χ4v) is 0.528. The number of aliphatic imine (C=N–C) groups is 1. The lowest BCUT2D eigenvalue weighted by atomic mass is 10.2. The van der Waals surface area contributed by atoms with Gasteiger partial charge in [-0.25, -0.2) is 4.99 Å². The van der Waals surface area contributed by atoms with E-state index in [1.54, 1.807) is 0 Å². The molecule has 0 aromatic rings. The summed E-state index contributed by atoms with van der Waals surface area (Å²) in [5.74, 6) is -0.883. The summed E-state index contributed by atoms with van der Waals surface area (Å²) in [6, 6.07) is 0. The maximum absolute atomic E-state index is 10.5. The normalized spacial score (nSPS) is 18.9. The number of nitrogens with two attached hydrogens (primary N) is 1. The van der Waals surface area contributed by atoms with Crippen molar-refractivity contribution >= 4 is 12.0 Å². The van der Waals surface area contributed by atoms with Crippen LogP contribution in [0.2, 0.25) is 0 Å². The van der Waals surface area contributed by atoms with Crippen LogP contribution in [-0.2, 0) is 4.79 Å². The number of ketones is 1. The molecule has 0 aromatic heterocycles. The maximum atomic E-state index is 10.5. The third-order valence-electron chi connectivity index (χ3n) is 1.01. The zero-order valence-corrected chi connectivity index (χ0v) is 4.66. The van der Waals surface area contributed by atoms with Crippen LogP contribution in [0, 0.1) is 0 Å². The van der Waals surface area contributed by atoms with Gasteiger partial charge >= 0.3 is 0 Å². The molecule has 0 radical (unpaired) electrons. The molecular formula is C5H6N2O2. The van der Waals surface area contributed by atoms with Crippen LogP contribution in [-0.4, -0.2) is 17.1 Å². The first-order valence-corrected chi connectivity index (χ1v) is 2.46. The van der Waals surface area contributed by atoms with E-state index in [1.807, 2.05) is 0 Å². The van der Waals surface area contributed by atoms with E-state index in [4.69, 9.17) is 10.8 Å². The summed E-state index contributed by atoms with van der Waals surface area (Å²) in [5.41, 5.74) is 5.08. The van der Waals surface area contributed by atoms with Crippen molar-refractivity contribution in [1.82, 2.24) is 0 Å². The van der Waals surface area contributed by atoms with Crippen molar-refractivity contribution in [3.05, 3.63) is 11.6 Å². The second-order valence-electron chi connectivity index (χ2n) is 1.67. The van der Waals surface area contributed by atoms with E-state index in [9.17, 15) is 4.79 Å². The number of nitrogens with zero attached hydrogens (tertiary/aromatic N) is 1. The lowest BCUT2D eigenvalue weighted by Crippen LogP contribution is -2.14. The average molecular weight is 126 g/mol. The highest BCUT2D eigenvalue weighted by molar-refractivity contribution is 6.03. The Hall–Kier alpha value is -1.32. The molecule has 0 saturated heterocycles. The number of carbonyl (C=O) groups excluding carboxylic acids is 1. The number of carbonyl (C=O) groups is 1. The van der Waals surface area contributed by atoms with Crippen molar-refractivity contribution in [2.45, 2.75) is 6.42 Å². The lowest BCUT2D eigenvalue weighted by molar-refractivity contribution is -0.117. The Kier molecular flexibility index (Phi) is 1.22. The second kappa shape index (κ2) is 1.89. The van der Waals surface area contributed by atoms with Gasteiger partial charge in [0, 0.05) is 12.6 Å². The van der Waals surface area contributed by atoms with Crippen molar-refractivity contribution in [3.63, 3.8) is 0 Å². The van der Waals surface area contributed by atoms with Crippen LogP contribution in [0.1, 0.15) is 6.42 Å². The Morgan fingerprint density at radius 2 is 2.44 bits per heavy atom. The zero-order valence-electron chi connectivity index (χ0n) is 4.66. The molecule has 9 heavy (non-hydrogen) atoms. The molecule has 1 aliphatic rings. The molecule has 0 amide bonds. The van der Waals surface area contributed by atoms with Crippen LogP contribution in [0.5, 0.6) is 0 Å². The molecule has 4 heteroatoms. The van der Waals surface area contributed by atoms with Crippen molar-refractivity contribution in [2.75, 3.05) is 0 Å². The minimum atomic E-state index is -0.419. The van der Waals surface area contributed by atoms with Gasteiger partial charge in [-0.05, 0) is 0 Å². The monoisotopic (exact) mass is 126 g/mol. The minimum Gasteiger partial charge on any atom is -0.502 e. The highest BCUT2D eigenvalue weighted by atomic mass is 16.3. The topological polar surface area (TPSA) is 75.7 Å². The first kappa shape index (κ1) is 5.81. The molecule has 1 rings (SSSR count). The molecule has 0 fully saturated rings. The summed E-state index contributed by atoms with van der Waals surface area (Å²) in [5, 5.41) is 8.74. The van der Waals surface area contributed by atoms with E-state index >= 15 is 0 Å². The van der Waals surface area contributed by atoms with Gasteiger partial charge in [0.2, 0.25) is 11.5 Å². The van der Waals surface area contributed by atoms with E-state index in [0.29, 0.717) is 0 Å². The largest absolute Gasteiger partial charge is 0.502 e. The van der Waals surface area contributed by atoms with Gasteiger partial charge in [-0.2, -0.15) is 0 Å². The number of allylic oxidation sites excluding steroid dienone is 1. The Morgan fingerprint density at radius 3 is 2.89 bits per heavy atom. The molecule has 1 aliphatic heterocycles. The smallest absolute Gasteiger partial charge is 0.206 e. The molecule has 0 aromatic carbocycles. The van der Waals surface area contributed by atoms with Crippen molar-refractivity contribution < 1.29 is 9.90 Å². The Morgan fingerprint density at radius 1 is 1.78 bits per heavy atom. The fraction of sp³-hybridized carbons (Fsp3) is 0.200. The summed E-state index contributed by atoms with van der Waals surface area (Å²) >= 11 is 0. The average Bonchev–Trinajstić information content (AvgIpc) is 1.83. The lowest BCUT2D eigenvalue weighted by Gasteiger charge is -2.02. The second-order valence-corrected chi connectivity index (χ2v) is 1.67. The Labute approximate surface area is 51.7 Å². The summed E-state index contributed by atoms with van der Waals surface area (Å²) in [4.78, 5) is 14.0. The van der Waals surface area contributed by atoms with Gasteiger partial charge in [-0.1, -0.05) is 0 Å². The zero-order chi connectivity index (χ0) is 6.85. The molecule has 3 N–H and O–H groups in total. The number of aliphatic hydroxyl groups is 1. The van der Waals surface area contributed by atoms with Crippen LogP contribution < -0.4 is 5.73 Å². The molecule has 0 atom stereocenters. The van der Waals surface area contributed by atoms with Crippen molar-refractivity contribution in [3.8, 4) is 0 Å². The minimum absolute atomic E-state index is 0.0914. The van der Waals surface area contributed by atoms with Gasteiger partial charge in [0.25, 0.3) is 0 Å². The van der Waals surface area contributed by atoms with Crippen LogP contribution >= 0.6 is 0 Å². The molecule has 1 heterocycles. The molecule has 4 nitrogen and oxygen atoms in total. The van der Waals surface area contributed by atoms with Gasteiger partial charge in [-0.3, -0.25) is 4.79 Å². The molecule has 48 valence electrons. The van der Waals surface area contributed by atoms with Crippen LogP contribution in [0.4, 0.5) is 0 Å². The SMILES string of the molecule is NC1=C(O)C(=O)CC=N1. The Bertz CT molecular complexity index is 205. The van der Waals surface area contributed by atoms with E-state index in [2.05, 4.69) is 4.99 Å². The highest BCUT2D eigenvalue weighted by Crippen LogP contribution is 2.04. The van der Waals surface area contributed by atoms with Gasteiger partial charge in [-0.15, -0.1) is 0 Å². The fourth-order valence-electron chi connectivity index (χ4n) is 0.528. The summed E-state index contributed by atoms with van der Waals surface area (Å²) in [6.45, 7) is 0. The standard InChI is InChI=1S/C5H6N2O2/c6-5-4(9)3(8)1-2-7-5/h2,9H,1,6H2. The van der Waals surface area contributed by atoms with Gasteiger partial charge in [0.15, 0.2) is 5.82 Å². The summed E-state index contributed by atoms with van der Waals surface area (Å²) in [6.07, 6.45) is 1.52. The van der Waals surface area contributed by atoms with Crippen LogP contribution in [0.25, 0.3) is 0 Å². The number of aliphatic hydroxyl groups excluding tert-OH is 1. The van der Waals surface area contributed by atoms with Gasteiger partial charge < -0.3 is 10.8 Å². The molecule has 0 spiro atoms. The Balaban J connectivity index is 2.97. The predicted octanol–water partition coefficient (Wildman–Crippen LogP) is -0.284. The molecule has 0 bridgehead atoms. The quantitative estimate of drug-likeness (QED) is 0.468. The molecular weight excluding hydrogens is 120 g/mol. The highest BCUT2D eigenvalue weighted by Gasteiger charge is 2.13. The van der Waals surface area contributed by atoms with Gasteiger partial charge in [0.05, 0.1) is 0 Å². The predicted molar refractivity (Wildman–Crippen MR) is 32.0 cm³/mol. The third kappa shape index (κ3) is 0.910. The molecule has 0 saturated carbocycles.